The molecule has 0 bridgehead atoms. The third-order valence-corrected chi connectivity index (χ3v) is 3.82. The van der Waals surface area contributed by atoms with Crippen LogP contribution in [-0.2, 0) is 9.84 Å². The maximum atomic E-state index is 14.2. The highest BCUT2D eigenvalue weighted by molar-refractivity contribution is 7.90. The fourth-order valence-corrected chi connectivity index (χ4v) is 2.65. The Balaban J connectivity index is 2.75. The fraction of sp³-hybridized carbons (Fsp3) is 0.167. The lowest BCUT2D eigenvalue weighted by Gasteiger charge is -2.11. The lowest BCUT2D eigenvalue weighted by Crippen LogP contribution is -2.07. The first-order valence-corrected chi connectivity index (χ1v) is 7.52. The van der Waals surface area contributed by atoms with Crippen LogP contribution in [-0.4, -0.2) is 38.0 Å². The Hall–Kier alpha value is -2.49. The Bertz CT molecular complexity index is 859. The van der Waals surface area contributed by atoms with Gasteiger partial charge in [-0.05, 0) is 6.07 Å². The number of hydrogen-bond acceptors (Lipinski definition) is 6. The van der Waals surface area contributed by atoms with Crippen molar-refractivity contribution in [2.45, 2.75) is 4.90 Å². The fourth-order valence-electron chi connectivity index (χ4n) is 1.82. The van der Waals surface area contributed by atoms with E-state index in [0.29, 0.717) is 12.3 Å². The van der Waals surface area contributed by atoms with Crippen molar-refractivity contribution >= 4 is 15.8 Å². The maximum absolute atomic E-state index is 14.2. The van der Waals surface area contributed by atoms with Crippen LogP contribution < -0.4 is 4.74 Å². The number of nitrogens with zero attached hydrogens (tertiary/aromatic N) is 1. The summed E-state index contributed by atoms with van der Waals surface area (Å²) in [5.41, 5.74) is -0.492. The van der Waals surface area contributed by atoms with Gasteiger partial charge in [-0.25, -0.2) is 22.0 Å². The molecule has 2 rings (SSSR count). The number of sulfone groups is 1. The molecule has 0 unspecified atom stereocenters. The molecular weight excluding hydrogens is 324 g/mol. The third kappa shape index (κ3) is 2.64. The van der Waals surface area contributed by atoms with E-state index in [2.05, 4.69) is 9.68 Å². The van der Waals surface area contributed by atoms with Gasteiger partial charge in [-0.3, -0.25) is 0 Å². The summed E-state index contributed by atoms with van der Waals surface area (Å²) in [4.78, 5) is 9.58. The lowest BCUT2D eigenvalue weighted by atomic mass is 10.1. The number of carboxylic acids is 1. The molecule has 0 aliphatic rings. The summed E-state index contributed by atoms with van der Waals surface area (Å²) in [6.07, 6.45) is 0.645. The topological polar surface area (TPSA) is 107 Å². The number of carbonyl (C=O) groups is 1. The first-order chi connectivity index (χ1) is 10.2. The van der Waals surface area contributed by atoms with E-state index in [1.54, 1.807) is 0 Å². The van der Waals surface area contributed by atoms with Gasteiger partial charge in [0.25, 0.3) is 0 Å². The molecule has 1 aromatic carbocycles. The van der Waals surface area contributed by atoms with Gasteiger partial charge in [0.15, 0.2) is 21.4 Å². The zero-order valence-corrected chi connectivity index (χ0v) is 12.1. The molecular formula is C12H9F2NO6S. The molecule has 0 spiro atoms. The highest BCUT2D eigenvalue weighted by Gasteiger charge is 2.28. The highest BCUT2D eigenvalue weighted by atomic mass is 32.2. The average molecular weight is 333 g/mol. The second-order valence-corrected chi connectivity index (χ2v) is 6.19. The summed E-state index contributed by atoms with van der Waals surface area (Å²) < 4.78 is 60.3. The summed E-state index contributed by atoms with van der Waals surface area (Å²) in [6, 6.07) is 1.61. The minimum Gasteiger partial charge on any atom is -0.493 e. The van der Waals surface area contributed by atoms with Crippen LogP contribution in [0.1, 0.15) is 10.6 Å². The molecule has 0 radical (unpaired) electrons. The van der Waals surface area contributed by atoms with Crippen molar-refractivity contribution in [1.82, 2.24) is 5.16 Å². The van der Waals surface area contributed by atoms with Crippen LogP contribution in [0.5, 0.6) is 5.75 Å². The lowest BCUT2D eigenvalue weighted by molar-refractivity contribution is 0.0652. The molecule has 0 fully saturated rings. The highest BCUT2D eigenvalue weighted by Crippen LogP contribution is 2.37. The van der Waals surface area contributed by atoms with Gasteiger partial charge < -0.3 is 14.4 Å². The van der Waals surface area contributed by atoms with Crippen molar-refractivity contribution in [2.75, 3.05) is 13.4 Å². The number of ether oxygens (including phenoxy) is 1. The zero-order valence-electron chi connectivity index (χ0n) is 11.3. The third-order valence-electron chi connectivity index (χ3n) is 2.70. The molecule has 0 aliphatic carbocycles. The van der Waals surface area contributed by atoms with E-state index in [-0.39, 0.29) is 11.3 Å². The minimum absolute atomic E-state index is 0.216. The number of aromatic nitrogens is 1. The minimum atomic E-state index is -4.17. The number of benzene rings is 1. The van der Waals surface area contributed by atoms with Crippen molar-refractivity contribution in [3.8, 4) is 17.0 Å². The number of aromatic carboxylic acids is 1. The van der Waals surface area contributed by atoms with Gasteiger partial charge in [0.1, 0.15) is 16.4 Å². The molecule has 22 heavy (non-hydrogen) atoms. The zero-order chi connectivity index (χ0) is 16.7. The molecule has 0 amide bonds. The molecule has 10 heteroatoms. The predicted octanol–water partition coefficient (Wildman–Crippen LogP) is 1.73. The van der Waals surface area contributed by atoms with Crippen molar-refractivity contribution in [3.05, 3.63) is 29.5 Å². The van der Waals surface area contributed by atoms with Gasteiger partial charge in [0.05, 0.1) is 12.7 Å². The molecule has 1 N–H and O–H groups in total. The van der Waals surface area contributed by atoms with Crippen LogP contribution >= 0.6 is 0 Å². The van der Waals surface area contributed by atoms with Crippen LogP contribution in [0.3, 0.4) is 0 Å². The van der Waals surface area contributed by atoms with Gasteiger partial charge in [-0.2, -0.15) is 0 Å². The van der Waals surface area contributed by atoms with Crippen LogP contribution in [0.25, 0.3) is 11.3 Å². The SMILES string of the molecule is COc1c(-c2cc(C(=O)O)on2)cc(F)c(S(C)(=O)=O)c1F. The first-order valence-electron chi connectivity index (χ1n) is 5.63. The standard InChI is InChI=1S/C12H9F2NO6S/c1-20-10-5(7-4-8(12(16)17)21-15-7)3-6(13)11(9(10)14)22(2,18)19/h3-4H,1-2H3,(H,16,17). The Labute approximate surface area is 123 Å². The van der Waals surface area contributed by atoms with Crippen molar-refractivity contribution in [3.63, 3.8) is 0 Å². The molecule has 2 aromatic rings. The Morgan fingerprint density at radius 2 is 2.00 bits per heavy atom. The van der Waals surface area contributed by atoms with Crippen molar-refractivity contribution in [2.24, 2.45) is 0 Å². The van der Waals surface area contributed by atoms with Crippen LogP contribution in [0.2, 0.25) is 0 Å². The molecule has 1 heterocycles. The van der Waals surface area contributed by atoms with Crippen LogP contribution in [0.4, 0.5) is 8.78 Å². The van der Waals surface area contributed by atoms with E-state index in [1.807, 2.05) is 0 Å². The van der Waals surface area contributed by atoms with Gasteiger partial charge in [0, 0.05) is 12.3 Å². The van der Waals surface area contributed by atoms with E-state index in [4.69, 9.17) is 9.84 Å². The van der Waals surface area contributed by atoms with Gasteiger partial charge in [-0.1, -0.05) is 5.16 Å². The molecule has 0 aliphatic heterocycles. The van der Waals surface area contributed by atoms with Gasteiger partial charge in [0.2, 0.25) is 5.76 Å². The molecule has 0 saturated heterocycles. The van der Waals surface area contributed by atoms with E-state index in [9.17, 15) is 22.0 Å². The molecule has 7 nitrogen and oxygen atoms in total. The summed E-state index contributed by atoms with van der Waals surface area (Å²) in [7, 11) is -3.13. The number of halogens is 2. The Kier molecular flexibility index (Phi) is 3.88. The maximum Gasteiger partial charge on any atom is 0.374 e. The summed E-state index contributed by atoms with van der Waals surface area (Å²) in [5, 5.41) is 12.1. The van der Waals surface area contributed by atoms with Gasteiger partial charge >= 0.3 is 5.97 Å². The Morgan fingerprint density at radius 1 is 1.36 bits per heavy atom. The number of methoxy groups -OCH3 is 1. The molecule has 0 atom stereocenters. The Morgan fingerprint density at radius 3 is 2.45 bits per heavy atom. The number of carboxylic acid groups (broad SMARTS) is 1. The summed E-state index contributed by atoms with van der Waals surface area (Å²) >= 11 is 0. The van der Waals surface area contributed by atoms with E-state index >= 15 is 0 Å². The van der Waals surface area contributed by atoms with E-state index in [1.165, 1.54) is 0 Å². The van der Waals surface area contributed by atoms with Crippen molar-refractivity contribution < 1.29 is 36.4 Å². The van der Waals surface area contributed by atoms with Crippen LogP contribution in [0.15, 0.2) is 21.6 Å². The first kappa shape index (κ1) is 15.9. The quantitative estimate of drug-likeness (QED) is 0.908. The monoisotopic (exact) mass is 333 g/mol. The molecule has 0 saturated carbocycles. The normalized spacial score (nSPS) is 11.5. The van der Waals surface area contributed by atoms with E-state index in [0.717, 1.165) is 13.2 Å². The summed E-state index contributed by atoms with van der Waals surface area (Å²) in [6.45, 7) is 0. The largest absolute Gasteiger partial charge is 0.493 e. The number of rotatable bonds is 4. The summed E-state index contributed by atoms with van der Waals surface area (Å²) in [5.74, 6) is -5.35. The molecule has 118 valence electrons. The second-order valence-electron chi connectivity index (χ2n) is 4.24. The van der Waals surface area contributed by atoms with Crippen LogP contribution in [0, 0.1) is 11.6 Å². The smallest absolute Gasteiger partial charge is 0.374 e. The average Bonchev–Trinajstić information content (AvgIpc) is 2.85. The number of hydrogen-bond donors (Lipinski definition) is 1. The second kappa shape index (κ2) is 5.37. The molecule has 1 aromatic heterocycles. The van der Waals surface area contributed by atoms with Crippen molar-refractivity contribution in [1.29, 1.82) is 0 Å². The van der Waals surface area contributed by atoms with Gasteiger partial charge in [-0.15, -0.1) is 0 Å². The predicted molar refractivity (Wildman–Crippen MR) is 68.5 cm³/mol. The van der Waals surface area contributed by atoms with E-state index < -0.39 is 43.8 Å².